The lowest BCUT2D eigenvalue weighted by atomic mass is 10.1. The van der Waals surface area contributed by atoms with Gasteiger partial charge in [-0.3, -0.25) is 19.8 Å². The predicted octanol–water partition coefficient (Wildman–Crippen LogP) is 3.82. The molecule has 142 valence electrons. The van der Waals surface area contributed by atoms with Crippen LogP contribution in [0, 0.1) is 0 Å². The number of pyridine rings is 1. The summed E-state index contributed by atoms with van der Waals surface area (Å²) in [5.74, 6) is -0.212. The molecule has 3 heterocycles. The molecule has 1 fully saturated rings. The van der Waals surface area contributed by atoms with Gasteiger partial charge in [0, 0.05) is 30.2 Å². The lowest BCUT2D eigenvalue weighted by molar-refractivity contribution is 0.102. The van der Waals surface area contributed by atoms with Gasteiger partial charge >= 0.3 is 0 Å². The molecule has 1 amide bonds. The lowest BCUT2D eigenvalue weighted by Gasteiger charge is -2.14. The Morgan fingerprint density at radius 2 is 1.93 bits per heavy atom. The Labute approximate surface area is 164 Å². The Morgan fingerprint density at radius 3 is 2.68 bits per heavy atom. The molecule has 2 aromatic heterocycles. The van der Waals surface area contributed by atoms with Gasteiger partial charge in [0.05, 0.1) is 6.20 Å². The zero-order chi connectivity index (χ0) is 19.2. The first-order chi connectivity index (χ1) is 13.8. The summed E-state index contributed by atoms with van der Waals surface area (Å²) in [6, 6.07) is 11.9. The van der Waals surface area contributed by atoms with Crippen molar-refractivity contribution in [1.29, 1.82) is 0 Å². The minimum absolute atomic E-state index is 0.212. The van der Waals surface area contributed by atoms with Crippen molar-refractivity contribution in [2.75, 3.05) is 18.4 Å². The molecule has 28 heavy (non-hydrogen) atoms. The van der Waals surface area contributed by atoms with E-state index in [2.05, 4.69) is 37.5 Å². The van der Waals surface area contributed by atoms with Crippen molar-refractivity contribution in [2.45, 2.75) is 19.4 Å². The van der Waals surface area contributed by atoms with Crippen molar-refractivity contribution < 1.29 is 4.79 Å². The molecule has 6 nitrogen and oxygen atoms in total. The maximum absolute atomic E-state index is 12.6. The Bertz CT molecular complexity index is 941. The van der Waals surface area contributed by atoms with E-state index in [0.717, 1.165) is 23.4 Å². The molecule has 0 spiro atoms. The van der Waals surface area contributed by atoms with E-state index >= 15 is 0 Å². The van der Waals surface area contributed by atoms with E-state index in [0.29, 0.717) is 5.69 Å². The SMILES string of the molecule is O=C(Nc1ccc(CN2CCCC2)cc1)c1[nH]ncc1C=Cc1cccnc1. The highest BCUT2D eigenvalue weighted by molar-refractivity contribution is 6.05. The quantitative estimate of drug-likeness (QED) is 0.689. The summed E-state index contributed by atoms with van der Waals surface area (Å²) >= 11 is 0. The fourth-order valence-corrected chi connectivity index (χ4v) is 3.35. The summed E-state index contributed by atoms with van der Waals surface area (Å²) < 4.78 is 0. The number of carbonyl (C=O) groups is 1. The number of benzene rings is 1. The number of carbonyl (C=O) groups excluding carboxylic acids is 1. The van der Waals surface area contributed by atoms with Gasteiger partial charge in [-0.1, -0.05) is 30.4 Å². The van der Waals surface area contributed by atoms with Gasteiger partial charge in [-0.2, -0.15) is 5.10 Å². The molecule has 4 rings (SSSR count). The van der Waals surface area contributed by atoms with E-state index in [-0.39, 0.29) is 5.91 Å². The molecular weight excluding hydrogens is 350 g/mol. The number of likely N-dealkylation sites (tertiary alicyclic amines) is 1. The van der Waals surface area contributed by atoms with Crippen LogP contribution in [0.4, 0.5) is 5.69 Å². The van der Waals surface area contributed by atoms with E-state index < -0.39 is 0 Å². The van der Waals surface area contributed by atoms with Crippen molar-refractivity contribution in [3.8, 4) is 0 Å². The maximum Gasteiger partial charge on any atom is 0.274 e. The molecule has 1 aliphatic heterocycles. The maximum atomic E-state index is 12.6. The van der Waals surface area contributed by atoms with Gasteiger partial charge in [0.15, 0.2) is 0 Å². The fraction of sp³-hybridized carbons (Fsp3) is 0.227. The van der Waals surface area contributed by atoms with E-state index in [4.69, 9.17) is 0 Å². The molecule has 6 heteroatoms. The van der Waals surface area contributed by atoms with Crippen LogP contribution in [-0.2, 0) is 6.54 Å². The molecular formula is C22H23N5O. The average Bonchev–Trinajstić information content (AvgIpc) is 3.40. The molecule has 0 bridgehead atoms. The number of hydrogen-bond acceptors (Lipinski definition) is 4. The Balaban J connectivity index is 1.40. The van der Waals surface area contributed by atoms with Gasteiger partial charge < -0.3 is 5.32 Å². The molecule has 1 aromatic carbocycles. The first kappa shape index (κ1) is 18.1. The van der Waals surface area contributed by atoms with E-state index in [1.165, 1.54) is 31.5 Å². The van der Waals surface area contributed by atoms with Gasteiger partial charge in [-0.05, 0) is 55.3 Å². The Hall–Kier alpha value is -3.25. The highest BCUT2D eigenvalue weighted by Crippen LogP contribution is 2.17. The Kier molecular flexibility index (Phi) is 5.58. The zero-order valence-electron chi connectivity index (χ0n) is 15.6. The minimum atomic E-state index is -0.212. The summed E-state index contributed by atoms with van der Waals surface area (Å²) in [6.45, 7) is 3.32. The number of nitrogens with zero attached hydrogens (tertiary/aromatic N) is 3. The largest absolute Gasteiger partial charge is 0.321 e. The number of H-pyrrole nitrogens is 1. The number of amides is 1. The third-order valence-electron chi connectivity index (χ3n) is 4.85. The van der Waals surface area contributed by atoms with Crippen molar-refractivity contribution in [3.05, 3.63) is 77.4 Å². The normalized spacial score (nSPS) is 14.6. The summed E-state index contributed by atoms with van der Waals surface area (Å²) in [7, 11) is 0. The first-order valence-corrected chi connectivity index (χ1v) is 9.52. The van der Waals surface area contributed by atoms with Crippen molar-refractivity contribution in [2.24, 2.45) is 0 Å². The molecule has 3 aromatic rings. The van der Waals surface area contributed by atoms with Crippen LogP contribution in [0.3, 0.4) is 0 Å². The second-order valence-electron chi connectivity index (χ2n) is 6.95. The van der Waals surface area contributed by atoms with E-state index in [9.17, 15) is 4.79 Å². The molecule has 0 radical (unpaired) electrons. The molecule has 1 saturated heterocycles. The van der Waals surface area contributed by atoms with Gasteiger partial charge in [-0.15, -0.1) is 0 Å². The number of aromatic amines is 1. The van der Waals surface area contributed by atoms with Gasteiger partial charge in [0.1, 0.15) is 5.69 Å². The number of anilines is 1. The highest BCUT2D eigenvalue weighted by atomic mass is 16.1. The summed E-state index contributed by atoms with van der Waals surface area (Å²) in [5.41, 5.74) is 4.16. The van der Waals surface area contributed by atoms with Crippen LogP contribution >= 0.6 is 0 Å². The highest BCUT2D eigenvalue weighted by Gasteiger charge is 2.14. The number of aromatic nitrogens is 3. The van der Waals surface area contributed by atoms with Crippen LogP contribution < -0.4 is 5.32 Å². The first-order valence-electron chi connectivity index (χ1n) is 9.52. The van der Waals surface area contributed by atoms with E-state index in [1.807, 2.05) is 36.4 Å². The smallest absolute Gasteiger partial charge is 0.274 e. The molecule has 1 aliphatic rings. The van der Waals surface area contributed by atoms with E-state index in [1.54, 1.807) is 18.6 Å². The van der Waals surface area contributed by atoms with Crippen LogP contribution in [0.25, 0.3) is 12.2 Å². The fourth-order valence-electron chi connectivity index (χ4n) is 3.35. The number of nitrogens with one attached hydrogen (secondary N) is 2. The average molecular weight is 373 g/mol. The molecule has 0 unspecified atom stereocenters. The molecule has 0 aliphatic carbocycles. The van der Waals surface area contributed by atoms with Gasteiger partial charge in [0.2, 0.25) is 0 Å². The monoisotopic (exact) mass is 373 g/mol. The topological polar surface area (TPSA) is 73.9 Å². The number of rotatable bonds is 6. The standard InChI is InChI=1S/C22H23N5O/c28-22(21-19(15-24-26-21)8-5-17-4-3-11-23-14-17)25-20-9-6-18(7-10-20)16-27-12-1-2-13-27/h3-11,14-15H,1-2,12-13,16H2,(H,24,26)(H,25,28). The summed E-state index contributed by atoms with van der Waals surface area (Å²) in [5, 5.41) is 9.73. The second kappa shape index (κ2) is 8.63. The van der Waals surface area contributed by atoms with Crippen LogP contribution in [-0.4, -0.2) is 39.1 Å². The lowest BCUT2D eigenvalue weighted by Crippen LogP contribution is -2.18. The van der Waals surface area contributed by atoms with Crippen LogP contribution in [0.15, 0.2) is 55.0 Å². The third-order valence-corrected chi connectivity index (χ3v) is 4.85. The molecule has 0 saturated carbocycles. The van der Waals surface area contributed by atoms with Gasteiger partial charge in [0.25, 0.3) is 5.91 Å². The zero-order valence-corrected chi connectivity index (χ0v) is 15.6. The predicted molar refractivity (Wildman–Crippen MR) is 111 cm³/mol. The van der Waals surface area contributed by atoms with Crippen molar-refractivity contribution >= 4 is 23.7 Å². The number of hydrogen-bond donors (Lipinski definition) is 2. The molecule has 2 N–H and O–H groups in total. The third kappa shape index (κ3) is 4.53. The minimum Gasteiger partial charge on any atom is -0.321 e. The Morgan fingerprint density at radius 1 is 1.11 bits per heavy atom. The van der Waals surface area contributed by atoms with Crippen LogP contribution in [0.5, 0.6) is 0 Å². The summed E-state index contributed by atoms with van der Waals surface area (Å²) in [6.07, 6.45) is 11.5. The molecule has 0 atom stereocenters. The van der Waals surface area contributed by atoms with Crippen molar-refractivity contribution in [3.63, 3.8) is 0 Å². The van der Waals surface area contributed by atoms with Crippen molar-refractivity contribution in [1.82, 2.24) is 20.1 Å². The second-order valence-corrected chi connectivity index (χ2v) is 6.95. The van der Waals surface area contributed by atoms with Crippen LogP contribution in [0.1, 0.15) is 40.0 Å². The van der Waals surface area contributed by atoms with Crippen LogP contribution in [0.2, 0.25) is 0 Å². The van der Waals surface area contributed by atoms with Gasteiger partial charge in [-0.25, -0.2) is 0 Å². The summed E-state index contributed by atoms with van der Waals surface area (Å²) in [4.78, 5) is 19.2.